The molecule has 14 nitrogen and oxygen atoms in total. The monoisotopic (exact) mass is 1220 g/mol. The predicted molar refractivity (Wildman–Crippen MR) is 342 cm³/mol. The van der Waals surface area contributed by atoms with Crippen LogP contribution in [0.15, 0.2) is 12.7 Å². The number of aliphatic hydroxyl groups excluding tert-OH is 1. The lowest BCUT2D eigenvalue weighted by Crippen LogP contribution is -2.57. The van der Waals surface area contributed by atoms with Crippen molar-refractivity contribution in [1.82, 2.24) is 35.2 Å². The van der Waals surface area contributed by atoms with Crippen molar-refractivity contribution in [3.8, 4) is 0 Å². The normalized spacial score (nSPS) is 48.7. The fourth-order valence-electron chi connectivity index (χ4n) is 25.7. The van der Waals surface area contributed by atoms with Crippen LogP contribution in [0, 0.1) is 105 Å². The van der Waals surface area contributed by atoms with Crippen LogP contribution in [-0.4, -0.2) is 123 Å². The van der Waals surface area contributed by atoms with E-state index >= 15 is 0 Å². The Labute approximate surface area is 531 Å². The van der Waals surface area contributed by atoms with Gasteiger partial charge in [0.2, 0.25) is 0 Å². The highest BCUT2D eigenvalue weighted by atomic mass is 16.7. The zero-order valence-electron chi connectivity index (χ0n) is 56.3. The summed E-state index contributed by atoms with van der Waals surface area (Å²) in [7, 11) is 0. The molecule has 0 radical (unpaired) electrons. The second-order valence-electron chi connectivity index (χ2n) is 34.5. The lowest BCUT2D eigenvalue weighted by molar-refractivity contribution is -0.273. The summed E-state index contributed by atoms with van der Waals surface area (Å²) >= 11 is 0. The Morgan fingerprint density at radius 3 is 1.41 bits per heavy atom. The quantitative estimate of drug-likeness (QED) is 0.219. The summed E-state index contributed by atoms with van der Waals surface area (Å²) in [5, 5.41) is 21.1. The van der Waals surface area contributed by atoms with Gasteiger partial charge in [-0.1, -0.05) is 93.9 Å². The maximum Gasteiger partial charge on any atom is 0.317 e. The van der Waals surface area contributed by atoms with Crippen molar-refractivity contribution < 1.29 is 33.6 Å². The topological polar surface area (TPSA) is 153 Å². The number of carbonyl (C=O) groups is 2. The first-order valence-electron chi connectivity index (χ1n) is 37.6. The molecular weight excluding hydrogens is 1100 g/mol. The minimum absolute atomic E-state index is 0.0528. The molecule has 3 N–H and O–H groups in total. The summed E-state index contributed by atoms with van der Waals surface area (Å²) in [5.41, 5.74) is 1.55. The first-order valence-corrected chi connectivity index (χ1v) is 37.6. The predicted octanol–water partition coefficient (Wildman–Crippen LogP) is 14.6. The number of fused-ring (bicyclic) bond motifs is 14. The first-order chi connectivity index (χ1) is 42.4. The fourth-order valence-corrected chi connectivity index (χ4v) is 25.7. The first kappa shape index (κ1) is 62.9. The summed E-state index contributed by atoms with van der Waals surface area (Å²) in [5.74, 6) is 9.21. The molecule has 10 aliphatic carbocycles. The van der Waals surface area contributed by atoms with Crippen molar-refractivity contribution in [2.75, 3.05) is 32.9 Å². The van der Waals surface area contributed by atoms with E-state index < -0.39 is 0 Å². The molecule has 5 heterocycles. The highest BCUT2D eigenvalue weighted by Crippen LogP contribution is 2.73. The Morgan fingerprint density at radius 1 is 0.534 bits per heavy atom. The highest BCUT2D eigenvalue weighted by Gasteiger charge is 2.71. The van der Waals surface area contributed by atoms with Gasteiger partial charge in [0.1, 0.15) is 12.7 Å². The molecule has 4 saturated heterocycles. The summed E-state index contributed by atoms with van der Waals surface area (Å²) in [6.07, 6.45) is 40.9. The third-order valence-electron chi connectivity index (χ3n) is 30.5. The third-order valence-corrected chi connectivity index (χ3v) is 30.5. The van der Waals surface area contributed by atoms with E-state index in [2.05, 4.69) is 81.0 Å². The zero-order chi connectivity index (χ0) is 61.0. The Hall–Kier alpha value is -2.52. The second-order valence-corrected chi connectivity index (χ2v) is 34.5. The van der Waals surface area contributed by atoms with Crippen LogP contribution in [-0.2, 0) is 25.5 Å². The molecule has 10 saturated carbocycles. The molecule has 24 atom stereocenters. The van der Waals surface area contributed by atoms with Gasteiger partial charge < -0.3 is 44.5 Å². The van der Waals surface area contributed by atoms with Crippen LogP contribution in [0.25, 0.3) is 0 Å². The third kappa shape index (κ3) is 10.9. The maximum absolute atomic E-state index is 13.9. The lowest BCUT2D eigenvalue weighted by atomic mass is 9.44. The molecule has 1 aromatic rings. The van der Waals surface area contributed by atoms with E-state index in [9.17, 15) is 14.7 Å². The van der Waals surface area contributed by atoms with Gasteiger partial charge in [0.15, 0.2) is 11.6 Å². The number of hydrogen-bond acceptors (Lipinski definition) is 9. The number of aliphatic hydroxyl groups is 1. The zero-order valence-corrected chi connectivity index (χ0v) is 56.3. The minimum atomic E-state index is -0.317. The Balaban J connectivity index is 0.000000155. The van der Waals surface area contributed by atoms with Crippen LogP contribution in [0.5, 0.6) is 0 Å². The van der Waals surface area contributed by atoms with Gasteiger partial charge in [0.25, 0.3) is 0 Å². The van der Waals surface area contributed by atoms with Gasteiger partial charge in [-0.3, -0.25) is 4.68 Å². The number of hydrogen-bond donors (Lipinski definition) is 3. The van der Waals surface area contributed by atoms with Crippen LogP contribution < -0.4 is 10.6 Å². The van der Waals surface area contributed by atoms with E-state index in [4.69, 9.17) is 18.9 Å². The molecule has 15 rings (SSSR count). The van der Waals surface area contributed by atoms with Crippen molar-refractivity contribution in [3.05, 3.63) is 12.7 Å². The standard InChI is InChI=1S/C38H61N5O3.C36H60N2O4/c1-25-12-17-38(45-22-25)26(2)34-33(46-38)21-32-30-11-10-27-20-28(13-15-36(27,3)31(30)14-16-37(32,34)4)41-35(44)43(29-8-6-5-7-9-29)19-18-42-24-39-23-40-42;1-23-12-17-36(41-22-23)24(2)32-31(42-36)21-30-28-11-10-25-20-26(13-15-34(25,3)29(28)14-16-35(30,32)4)37-33(40)38(18-19-39)27-8-6-5-7-9-27/h23-34H,5-22H2,1-4H3,(H,41,44);23-32,39H,5-22H2,1-4H3,(H,37,40)/t25-,26-,27+,28+,30+,31-,32-,33-,34-,36-,37-,38+;23-,24-,25+,26+,28+,29-,30-,31-,32-,34-,35-,36+/m00/s1. The van der Waals surface area contributed by atoms with Gasteiger partial charge in [0, 0.05) is 61.9 Å². The average Bonchev–Trinajstić information content (AvgIpc) is 1.53. The summed E-state index contributed by atoms with van der Waals surface area (Å²) in [4.78, 5) is 35.6. The molecule has 14 fully saturated rings. The van der Waals surface area contributed by atoms with E-state index in [-0.39, 0.29) is 36.3 Å². The number of urea groups is 2. The van der Waals surface area contributed by atoms with Crippen molar-refractivity contribution in [1.29, 1.82) is 0 Å². The molecule has 4 aliphatic heterocycles. The number of ether oxygens (including phenoxy) is 4. The maximum atomic E-state index is 13.9. The molecule has 14 heteroatoms. The number of aromatic nitrogens is 3. The Morgan fingerprint density at radius 2 is 0.989 bits per heavy atom. The van der Waals surface area contributed by atoms with Crippen LogP contribution >= 0.6 is 0 Å². The van der Waals surface area contributed by atoms with Gasteiger partial charge in [0.05, 0.1) is 38.6 Å². The number of rotatable bonds is 9. The molecular formula is C74H121N7O7. The molecule has 0 aromatic carbocycles. The van der Waals surface area contributed by atoms with E-state index in [0.29, 0.717) is 119 Å². The summed E-state index contributed by atoms with van der Waals surface area (Å²) in [6, 6.07) is 1.45. The average molecular weight is 1220 g/mol. The van der Waals surface area contributed by atoms with Crippen LogP contribution in [0.2, 0.25) is 0 Å². The molecule has 494 valence electrons. The molecule has 4 amide bonds. The molecule has 2 spiro atoms. The summed E-state index contributed by atoms with van der Waals surface area (Å²) < 4.78 is 29.0. The van der Waals surface area contributed by atoms with Crippen molar-refractivity contribution in [3.63, 3.8) is 0 Å². The van der Waals surface area contributed by atoms with E-state index in [1.807, 2.05) is 9.58 Å². The highest BCUT2D eigenvalue weighted by molar-refractivity contribution is 5.75. The molecule has 0 bridgehead atoms. The van der Waals surface area contributed by atoms with Crippen LogP contribution in [0.4, 0.5) is 9.59 Å². The SMILES string of the molecule is C[C@H]1CC[C@@]2(OC1)O[C@H]1C[C@H]3[C@@H]4CC[C@@H]5C[C@H](NC(=O)N(CCO)C6CCCCC6)CC[C@]5(C)[C@H]4CC[C@]3(C)[C@H]1[C@@H]2C.C[C@H]1CC[C@@]2(OC1)O[C@H]1C[C@H]3[C@@H]4CC[C@@H]5C[C@H](NC(=O)N(CCn6cncn6)C6CCCCC6)CC[C@]5(C)[C@H]4CC[C@]3(C)[C@H]1[C@@H]2C. The van der Waals surface area contributed by atoms with Gasteiger partial charge in [-0.05, 0) is 234 Å². The number of nitrogens with one attached hydrogen (secondary N) is 2. The van der Waals surface area contributed by atoms with Gasteiger partial charge >= 0.3 is 12.1 Å². The summed E-state index contributed by atoms with van der Waals surface area (Å²) in [6.45, 7) is 23.8. The van der Waals surface area contributed by atoms with Crippen molar-refractivity contribution >= 4 is 12.1 Å². The van der Waals surface area contributed by atoms with Gasteiger partial charge in [-0.2, -0.15) is 5.10 Å². The molecule has 88 heavy (non-hydrogen) atoms. The van der Waals surface area contributed by atoms with E-state index in [1.54, 1.807) is 12.7 Å². The fraction of sp³-hybridized carbons (Fsp3) is 0.946. The van der Waals surface area contributed by atoms with Gasteiger partial charge in [-0.15, -0.1) is 0 Å². The molecule has 1 aromatic heterocycles. The lowest BCUT2D eigenvalue weighted by Gasteiger charge is -2.61. The smallest absolute Gasteiger partial charge is 0.317 e. The minimum Gasteiger partial charge on any atom is -0.395 e. The number of nitrogens with zero attached hydrogens (tertiary/aromatic N) is 5. The number of amides is 4. The van der Waals surface area contributed by atoms with Gasteiger partial charge in [-0.25, -0.2) is 14.6 Å². The van der Waals surface area contributed by atoms with Crippen LogP contribution in [0.3, 0.4) is 0 Å². The van der Waals surface area contributed by atoms with E-state index in [1.165, 1.54) is 128 Å². The largest absolute Gasteiger partial charge is 0.395 e. The molecule has 0 unspecified atom stereocenters. The van der Waals surface area contributed by atoms with Crippen LogP contribution in [0.1, 0.15) is 248 Å². The van der Waals surface area contributed by atoms with E-state index in [0.717, 1.165) is 113 Å². The molecule has 14 aliphatic rings. The van der Waals surface area contributed by atoms with Crippen molar-refractivity contribution in [2.24, 2.45) is 105 Å². The Bertz CT molecular complexity index is 2560. The Kier molecular flexibility index (Phi) is 17.6. The second kappa shape index (κ2) is 24.7. The van der Waals surface area contributed by atoms with Crippen molar-refractivity contribution in [2.45, 2.75) is 303 Å². The number of carbonyl (C=O) groups excluding carboxylic acids is 2.